The number of benzene rings is 1. The maximum absolute atomic E-state index is 3.53. The minimum atomic E-state index is 0.736. The van der Waals surface area contributed by atoms with Crippen LogP contribution < -0.4 is 0 Å². The van der Waals surface area contributed by atoms with Crippen molar-refractivity contribution in [2.24, 2.45) is 5.92 Å². The largest absolute Gasteiger partial charge is 0.0837 e. The van der Waals surface area contributed by atoms with Gasteiger partial charge in [-0.05, 0) is 36.5 Å². The summed E-state index contributed by atoms with van der Waals surface area (Å²) >= 11 is 3.53. The van der Waals surface area contributed by atoms with Crippen LogP contribution in [-0.2, 0) is 0 Å². The maximum atomic E-state index is 3.53. The zero-order valence-electron chi connectivity index (χ0n) is 9.05. The van der Waals surface area contributed by atoms with Crippen LogP contribution >= 0.6 is 15.9 Å². The Kier molecular flexibility index (Phi) is 4.40. The van der Waals surface area contributed by atoms with Gasteiger partial charge in [-0.2, -0.15) is 0 Å². The number of aryl methyl sites for hydroxylation is 1. The molecule has 0 aliphatic rings. The average molecular weight is 253 g/mol. The van der Waals surface area contributed by atoms with Gasteiger partial charge in [0.15, 0.2) is 0 Å². The molecule has 0 radical (unpaired) electrons. The Bertz CT molecular complexity index is 324. The van der Waals surface area contributed by atoms with Gasteiger partial charge in [-0.3, -0.25) is 0 Å². The highest BCUT2D eigenvalue weighted by Gasteiger charge is 1.94. The van der Waals surface area contributed by atoms with Crippen LogP contribution in [0.5, 0.6) is 0 Å². The second kappa shape index (κ2) is 5.35. The SMILES string of the molecule is Cc1ccc(C=CCC(C)C)cc1Br. The van der Waals surface area contributed by atoms with Crippen molar-refractivity contribution in [2.45, 2.75) is 27.2 Å². The lowest BCUT2D eigenvalue weighted by Crippen LogP contribution is -1.82. The minimum Gasteiger partial charge on any atom is -0.0837 e. The topological polar surface area (TPSA) is 0 Å². The van der Waals surface area contributed by atoms with Crippen molar-refractivity contribution in [2.75, 3.05) is 0 Å². The Morgan fingerprint density at radius 1 is 1.36 bits per heavy atom. The molecule has 0 saturated heterocycles. The van der Waals surface area contributed by atoms with Crippen molar-refractivity contribution in [3.05, 3.63) is 39.9 Å². The standard InChI is InChI=1S/C13H17Br/c1-10(2)5-4-6-12-8-7-11(3)13(14)9-12/h4,6-10H,5H2,1-3H3. The van der Waals surface area contributed by atoms with Crippen LogP contribution in [-0.4, -0.2) is 0 Å². The fourth-order valence-corrected chi connectivity index (χ4v) is 1.59. The molecular weight excluding hydrogens is 236 g/mol. The highest BCUT2D eigenvalue weighted by molar-refractivity contribution is 9.10. The maximum Gasteiger partial charge on any atom is 0.0210 e. The van der Waals surface area contributed by atoms with Crippen molar-refractivity contribution in [1.29, 1.82) is 0 Å². The van der Waals surface area contributed by atoms with Crippen molar-refractivity contribution in [3.8, 4) is 0 Å². The number of halogens is 1. The number of hydrogen-bond donors (Lipinski definition) is 0. The van der Waals surface area contributed by atoms with Gasteiger partial charge in [-0.25, -0.2) is 0 Å². The summed E-state index contributed by atoms with van der Waals surface area (Å²) in [6, 6.07) is 6.45. The molecule has 0 heterocycles. The van der Waals surface area contributed by atoms with E-state index >= 15 is 0 Å². The molecule has 0 aliphatic heterocycles. The zero-order valence-corrected chi connectivity index (χ0v) is 10.6. The van der Waals surface area contributed by atoms with Crippen LogP contribution in [0.4, 0.5) is 0 Å². The van der Waals surface area contributed by atoms with Crippen LogP contribution in [0.2, 0.25) is 0 Å². The number of hydrogen-bond acceptors (Lipinski definition) is 0. The first-order chi connectivity index (χ1) is 6.59. The van der Waals surface area contributed by atoms with Crippen molar-refractivity contribution >= 4 is 22.0 Å². The van der Waals surface area contributed by atoms with Crippen molar-refractivity contribution in [3.63, 3.8) is 0 Å². The van der Waals surface area contributed by atoms with Gasteiger partial charge in [-0.15, -0.1) is 0 Å². The average Bonchev–Trinajstić information content (AvgIpc) is 2.10. The first-order valence-electron chi connectivity index (χ1n) is 5.02. The predicted octanol–water partition coefficient (Wildman–Crippen LogP) is 4.82. The molecule has 0 bridgehead atoms. The molecule has 76 valence electrons. The Balaban J connectivity index is 2.68. The molecule has 0 spiro atoms. The third kappa shape index (κ3) is 3.67. The van der Waals surface area contributed by atoms with Gasteiger partial charge in [0, 0.05) is 4.47 Å². The third-order valence-electron chi connectivity index (χ3n) is 2.11. The summed E-state index contributed by atoms with van der Waals surface area (Å²) in [6.07, 6.45) is 5.57. The monoisotopic (exact) mass is 252 g/mol. The van der Waals surface area contributed by atoms with Gasteiger partial charge >= 0.3 is 0 Å². The third-order valence-corrected chi connectivity index (χ3v) is 2.97. The minimum absolute atomic E-state index is 0.736. The Morgan fingerprint density at radius 2 is 2.07 bits per heavy atom. The molecule has 0 fully saturated rings. The van der Waals surface area contributed by atoms with Gasteiger partial charge in [0.1, 0.15) is 0 Å². The fraction of sp³-hybridized carbons (Fsp3) is 0.385. The van der Waals surface area contributed by atoms with E-state index in [0.29, 0.717) is 0 Å². The molecule has 0 saturated carbocycles. The van der Waals surface area contributed by atoms with Gasteiger partial charge in [-0.1, -0.05) is 54.1 Å². The molecule has 1 rings (SSSR count). The number of allylic oxidation sites excluding steroid dienone is 1. The smallest absolute Gasteiger partial charge is 0.0210 e. The predicted molar refractivity (Wildman–Crippen MR) is 67.4 cm³/mol. The summed E-state index contributed by atoms with van der Waals surface area (Å²) in [6.45, 7) is 6.57. The van der Waals surface area contributed by atoms with E-state index in [4.69, 9.17) is 0 Å². The van der Waals surface area contributed by atoms with Gasteiger partial charge < -0.3 is 0 Å². The molecule has 0 atom stereocenters. The second-order valence-corrected chi connectivity index (χ2v) is 4.89. The lowest BCUT2D eigenvalue weighted by molar-refractivity contribution is 0.665. The summed E-state index contributed by atoms with van der Waals surface area (Å²) in [5, 5.41) is 0. The van der Waals surface area contributed by atoms with Crippen LogP contribution in [0.1, 0.15) is 31.4 Å². The van der Waals surface area contributed by atoms with E-state index in [9.17, 15) is 0 Å². The van der Waals surface area contributed by atoms with Crippen molar-refractivity contribution < 1.29 is 0 Å². The summed E-state index contributed by atoms with van der Waals surface area (Å²) in [7, 11) is 0. The molecule has 1 aromatic rings. The van der Waals surface area contributed by atoms with Crippen LogP contribution in [0.15, 0.2) is 28.7 Å². The lowest BCUT2D eigenvalue weighted by atomic mass is 10.1. The Hall–Kier alpha value is -0.560. The summed E-state index contributed by atoms with van der Waals surface area (Å²) in [4.78, 5) is 0. The molecule has 0 aromatic heterocycles. The Morgan fingerprint density at radius 3 is 2.64 bits per heavy atom. The zero-order chi connectivity index (χ0) is 10.6. The normalized spacial score (nSPS) is 11.5. The van der Waals surface area contributed by atoms with E-state index in [-0.39, 0.29) is 0 Å². The second-order valence-electron chi connectivity index (χ2n) is 4.04. The summed E-state index contributed by atoms with van der Waals surface area (Å²) in [5.41, 5.74) is 2.55. The Labute approximate surface area is 95.2 Å². The molecule has 0 unspecified atom stereocenters. The number of rotatable bonds is 3. The quantitative estimate of drug-likeness (QED) is 0.724. The molecule has 1 aromatic carbocycles. The van der Waals surface area contributed by atoms with Gasteiger partial charge in [0.05, 0.1) is 0 Å². The highest BCUT2D eigenvalue weighted by Crippen LogP contribution is 2.18. The van der Waals surface area contributed by atoms with Crippen LogP contribution in [0.3, 0.4) is 0 Å². The van der Waals surface area contributed by atoms with Gasteiger partial charge in [0.25, 0.3) is 0 Å². The van der Waals surface area contributed by atoms with Gasteiger partial charge in [0.2, 0.25) is 0 Å². The summed E-state index contributed by atoms with van der Waals surface area (Å²) < 4.78 is 1.18. The van der Waals surface area contributed by atoms with Crippen LogP contribution in [0.25, 0.3) is 6.08 Å². The van der Waals surface area contributed by atoms with E-state index in [0.717, 1.165) is 12.3 Å². The molecule has 1 heteroatoms. The van der Waals surface area contributed by atoms with Crippen molar-refractivity contribution in [1.82, 2.24) is 0 Å². The highest BCUT2D eigenvalue weighted by atomic mass is 79.9. The van der Waals surface area contributed by atoms with Crippen LogP contribution in [0, 0.1) is 12.8 Å². The van der Waals surface area contributed by atoms with E-state index < -0.39 is 0 Å². The first kappa shape index (κ1) is 11.5. The fourth-order valence-electron chi connectivity index (χ4n) is 1.19. The van der Waals surface area contributed by atoms with E-state index in [1.54, 1.807) is 0 Å². The molecule has 0 amide bonds. The molecule has 0 aliphatic carbocycles. The first-order valence-corrected chi connectivity index (χ1v) is 5.81. The summed E-state index contributed by atoms with van der Waals surface area (Å²) in [5.74, 6) is 0.736. The lowest BCUT2D eigenvalue weighted by Gasteiger charge is -2.00. The molecule has 14 heavy (non-hydrogen) atoms. The molecule has 0 nitrogen and oxygen atoms in total. The van der Waals surface area contributed by atoms with E-state index in [1.165, 1.54) is 15.6 Å². The molecular formula is C13H17Br. The molecule has 0 N–H and O–H groups in total. The van der Waals surface area contributed by atoms with E-state index in [1.807, 2.05) is 0 Å². The van der Waals surface area contributed by atoms with E-state index in [2.05, 4.69) is 67.1 Å².